The van der Waals surface area contributed by atoms with Gasteiger partial charge in [-0.2, -0.15) is 0 Å². The van der Waals surface area contributed by atoms with Crippen LogP contribution in [0.15, 0.2) is 18.2 Å². The highest BCUT2D eigenvalue weighted by atomic mass is 16.5. The molecule has 0 saturated carbocycles. The summed E-state index contributed by atoms with van der Waals surface area (Å²) in [6, 6.07) is 5.80. The Hall–Kier alpha value is -1.55. The lowest BCUT2D eigenvalue weighted by Gasteiger charge is -2.27. The Morgan fingerprint density at radius 3 is 3.05 bits per heavy atom. The molecule has 0 heterocycles. The number of aliphatic carboxylic acids is 1. The first-order chi connectivity index (χ1) is 9.22. The molecule has 1 N–H and O–H groups in total. The van der Waals surface area contributed by atoms with Gasteiger partial charge in [0.25, 0.3) is 0 Å². The van der Waals surface area contributed by atoms with Crippen LogP contribution >= 0.6 is 0 Å². The van der Waals surface area contributed by atoms with Crippen molar-refractivity contribution in [2.45, 2.75) is 38.0 Å². The van der Waals surface area contributed by atoms with Crippen LogP contribution in [0.2, 0.25) is 0 Å². The van der Waals surface area contributed by atoms with E-state index in [0.717, 1.165) is 37.7 Å². The molecule has 0 aliphatic heterocycles. The number of carbonyl (C=O) groups excluding carboxylic acids is 1. The lowest BCUT2D eigenvalue weighted by Crippen LogP contribution is -2.29. The molecule has 2 rings (SSSR count). The summed E-state index contributed by atoms with van der Waals surface area (Å²) in [7, 11) is 0. The van der Waals surface area contributed by atoms with Crippen LogP contribution in [0.5, 0.6) is 5.75 Å². The molecule has 1 aromatic carbocycles. The number of hydrogen-bond donors (Lipinski definition) is 1. The van der Waals surface area contributed by atoms with E-state index in [1.54, 1.807) is 0 Å². The second-order valence-corrected chi connectivity index (χ2v) is 4.94. The number of carbonyl (C=O) groups is 1. The largest absolute Gasteiger partial charge is 0.546 e. The molecule has 104 valence electrons. The van der Waals surface area contributed by atoms with Gasteiger partial charge in [0, 0.05) is 6.61 Å². The van der Waals surface area contributed by atoms with Gasteiger partial charge in [-0.15, -0.1) is 0 Å². The number of carboxylic acids is 1. The molecule has 0 spiro atoms. The highest BCUT2D eigenvalue weighted by Crippen LogP contribution is 2.38. The highest BCUT2D eigenvalue weighted by molar-refractivity contribution is 5.66. The van der Waals surface area contributed by atoms with Crippen molar-refractivity contribution in [3.05, 3.63) is 29.3 Å². The van der Waals surface area contributed by atoms with Gasteiger partial charge in [0.2, 0.25) is 0 Å². The van der Waals surface area contributed by atoms with E-state index in [0.29, 0.717) is 11.7 Å². The molecule has 1 aliphatic carbocycles. The van der Waals surface area contributed by atoms with E-state index in [1.165, 1.54) is 5.56 Å². The highest BCUT2D eigenvalue weighted by Gasteiger charge is 2.22. The third kappa shape index (κ3) is 3.47. The fraction of sp³-hybridized carbons (Fsp3) is 0.533. The van der Waals surface area contributed by atoms with Crippen LogP contribution in [0, 0.1) is 0 Å². The predicted molar refractivity (Wildman–Crippen MR) is 68.9 cm³/mol. The molecular formula is C15H19O4-. The number of ether oxygens (including phenoxy) is 1. The maximum atomic E-state index is 10.5. The first-order valence-electron chi connectivity index (χ1n) is 6.77. The summed E-state index contributed by atoms with van der Waals surface area (Å²) in [5.74, 6) is -0.0944. The molecule has 19 heavy (non-hydrogen) atoms. The van der Waals surface area contributed by atoms with E-state index >= 15 is 0 Å². The van der Waals surface area contributed by atoms with Crippen LogP contribution < -0.4 is 9.84 Å². The van der Waals surface area contributed by atoms with Crippen molar-refractivity contribution in [1.82, 2.24) is 0 Å². The Labute approximate surface area is 113 Å². The van der Waals surface area contributed by atoms with E-state index in [-0.39, 0.29) is 6.61 Å². The minimum absolute atomic E-state index is 0.215. The number of aliphatic hydroxyl groups is 1. The lowest BCUT2D eigenvalue weighted by molar-refractivity contribution is -0.307. The van der Waals surface area contributed by atoms with E-state index in [2.05, 4.69) is 6.07 Å². The molecule has 1 atom stereocenters. The molecular weight excluding hydrogens is 244 g/mol. The SMILES string of the molecule is O=C([O-])COc1cccc2c1CCCC2CCCO. The molecule has 0 saturated heterocycles. The fourth-order valence-electron chi connectivity index (χ4n) is 2.82. The molecule has 4 heteroatoms. The van der Waals surface area contributed by atoms with Crippen molar-refractivity contribution >= 4 is 5.97 Å². The third-order valence-corrected chi connectivity index (χ3v) is 3.64. The zero-order chi connectivity index (χ0) is 13.7. The van der Waals surface area contributed by atoms with Gasteiger partial charge < -0.3 is 19.7 Å². The number of carboxylic acid groups (broad SMARTS) is 1. The summed E-state index contributed by atoms with van der Waals surface area (Å²) in [5.41, 5.74) is 2.37. The van der Waals surface area contributed by atoms with E-state index < -0.39 is 12.6 Å². The Morgan fingerprint density at radius 2 is 2.32 bits per heavy atom. The minimum atomic E-state index is -1.20. The quantitative estimate of drug-likeness (QED) is 0.831. The summed E-state index contributed by atoms with van der Waals surface area (Å²) in [5, 5.41) is 19.4. The van der Waals surface area contributed by atoms with Crippen molar-refractivity contribution in [3.8, 4) is 5.75 Å². The van der Waals surface area contributed by atoms with Crippen molar-refractivity contribution in [2.75, 3.05) is 13.2 Å². The Bertz CT molecular complexity index is 442. The maximum absolute atomic E-state index is 10.5. The van der Waals surface area contributed by atoms with Crippen molar-refractivity contribution in [3.63, 3.8) is 0 Å². The summed E-state index contributed by atoms with van der Waals surface area (Å²) in [6.07, 6.45) is 4.89. The number of aliphatic hydroxyl groups excluding tert-OH is 1. The van der Waals surface area contributed by atoms with Crippen LogP contribution in [0.25, 0.3) is 0 Å². The number of benzene rings is 1. The molecule has 1 unspecified atom stereocenters. The molecule has 4 nitrogen and oxygen atoms in total. The minimum Gasteiger partial charge on any atom is -0.546 e. The molecule has 0 bridgehead atoms. The molecule has 1 aliphatic rings. The third-order valence-electron chi connectivity index (χ3n) is 3.64. The summed E-state index contributed by atoms with van der Waals surface area (Å²) < 4.78 is 5.31. The number of rotatable bonds is 6. The standard InChI is InChI=1S/C15H20O4/c16-9-3-5-11-4-1-7-13-12(11)6-2-8-14(13)19-10-15(17)18/h2,6,8,11,16H,1,3-5,7,9-10H2,(H,17,18)/p-1. The van der Waals surface area contributed by atoms with Gasteiger partial charge >= 0.3 is 0 Å². The second kappa shape index (κ2) is 6.57. The molecule has 0 amide bonds. The van der Waals surface area contributed by atoms with Gasteiger partial charge in [-0.1, -0.05) is 12.1 Å². The molecule has 0 radical (unpaired) electrons. The predicted octanol–water partition coefficient (Wildman–Crippen LogP) is 1.01. The molecule has 0 aromatic heterocycles. The Balaban J connectivity index is 2.17. The number of fused-ring (bicyclic) bond motifs is 1. The van der Waals surface area contributed by atoms with Gasteiger partial charge in [-0.25, -0.2) is 0 Å². The second-order valence-electron chi connectivity index (χ2n) is 4.94. The summed E-state index contributed by atoms with van der Waals surface area (Å²) in [6.45, 7) is -0.190. The van der Waals surface area contributed by atoms with Crippen molar-refractivity contribution < 1.29 is 19.7 Å². The van der Waals surface area contributed by atoms with Crippen LogP contribution in [0.3, 0.4) is 0 Å². The lowest BCUT2D eigenvalue weighted by atomic mass is 9.80. The van der Waals surface area contributed by atoms with Crippen molar-refractivity contribution in [2.24, 2.45) is 0 Å². The van der Waals surface area contributed by atoms with Gasteiger partial charge in [0.05, 0.1) is 5.97 Å². The maximum Gasteiger partial charge on any atom is 0.128 e. The van der Waals surface area contributed by atoms with Crippen LogP contribution in [-0.2, 0) is 11.2 Å². The Kier molecular flexibility index (Phi) is 4.80. The smallest absolute Gasteiger partial charge is 0.128 e. The van der Waals surface area contributed by atoms with E-state index in [9.17, 15) is 9.90 Å². The van der Waals surface area contributed by atoms with Crippen LogP contribution in [-0.4, -0.2) is 24.3 Å². The van der Waals surface area contributed by atoms with Gasteiger partial charge in [0.1, 0.15) is 12.4 Å². The van der Waals surface area contributed by atoms with E-state index in [4.69, 9.17) is 9.84 Å². The van der Waals surface area contributed by atoms with Crippen molar-refractivity contribution in [1.29, 1.82) is 0 Å². The summed E-state index contributed by atoms with van der Waals surface area (Å²) >= 11 is 0. The normalized spacial score (nSPS) is 17.8. The average Bonchev–Trinajstić information content (AvgIpc) is 2.42. The van der Waals surface area contributed by atoms with Crippen LogP contribution in [0.4, 0.5) is 0 Å². The van der Waals surface area contributed by atoms with Gasteiger partial charge in [-0.3, -0.25) is 0 Å². The zero-order valence-corrected chi connectivity index (χ0v) is 10.9. The van der Waals surface area contributed by atoms with Gasteiger partial charge in [0.15, 0.2) is 0 Å². The average molecular weight is 263 g/mol. The fourth-order valence-corrected chi connectivity index (χ4v) is 2.82. The zero-order valence-electron chi connectivity index (χ0n) is 10.9. The van der Waals surface area contributed by atoms with Crippen LogP contribution in [0.1, 0.15) is 42.7 Å². The monoisotopic (exact) mass is 263 g/mol. The topological polar surface area (TPSA) is 69.6 Å². The first-order valence-corrected chi connectivity index (χ1v) is 6.77. The molecule has 0 fully saturated rings. The van der Waals surface area contributed by atoms with E-state index in [1.807, 2.05) is 12.1 Å². The first kappa shape index (κ1) is 13.9. The molecule has 1 aromatic rings. The number of hydrogen-bond acceptors (Lipinski definition) is 4. The Morgan fingerprint density at radius 1 is 1.47 bits per heavy atom. The van der Waals surface area contributed by atoms with Gasteiger partial charge in [-0.05, 0) is 55.2 Å². The summed E-state index contributed by atoms with van der Waals surface area (Å²) in [4.78, 5) is 10.5.